The van der Waals surface area contributed by atoms with Gasteiger partial charge in [-0.3, -0.25) is 0 Å². The number of hydrogen-bond acceptors (Lipinski definition) is 3. The highest BCUT2D eigenvalue weighted by Gasteiger charge is 2.36. The van der Waals surface area contributed by atoms with Crippen molar-refractivity contribution in [3.63, 3.8) is 0 Å². The lowest BCUT2D eigenvalue weighted by molar-refractivity contribution is 0.168. The van der Waals surface area contributed by atoms with E-state index in [0.29, 0.717) is 15.9 Å². The first-order valence-electron chi connectivity index (χ1n) is 7.04. The minimum absolute atomic E-state index is 0.203. The first-order chi connectivity index (χ1) is 8.38. The molecule has 0 amide bonds. The highest BCUT2D eigenvalue weighted by molar-refractivity contribution is 8.00. The van der Waals surface area contributed by atoms with Gasteiger partial charge in [-0.1, -0.05) is 27.7 Å². The molecule has 0 saturated heterocycles. The van der Waals surface area contributed by atoms with Gasteiger partial charge in [0.2, 0.25) is 0 Å². The molecule has 0 aliphatic heterocycles. The largest absolute Gasteiger partial charge is 0.396 e. The standard InChI is InChI=1S/C15H27NOS/c1-11(7-8-17)18-14-9-13(15(2,3)4)6-5-12(14)10-16/h11-14,17H,5-9H2,1-4H3. The molecule has 0 aromatic rings. The molecule has 4 unspecified atom stereocenters. The number of rotatable bonds is 4. The van der Waals surface area contributed by atoms with Crippen molar-refractivity contribution in [3.8, 4) is 6.07 Å². The van der Waals surface area contributed by atoms with Crippen LogP contribution in [-0.4, -0.2) is 22.2 Å². The average molecular weight is 269 g/mol. The first kappa shape index (κ1) is 15.9. The van der Waals surface area contributed by atoms with Crippen molar-refractivity contribution in [2.75, 3.05) is 6.61 Å². The molecule has 1 aliphatic rings. The summed E-state index contributed by atoms with van der Waals surface area (Å²) in [5, 5.41) is 19.2. The van der Waals surface area contributed by atoms with Crippen molar-refractivity contribution in [2.24, 2.45) is 17.3 Å². The molecule has 0 bridgehead atoms. The lowest BCUT2D eigenvalue weighted by Crippen LogP contribution is -2.33. The Morgan fingerprint density at radius 1 is 1.39 bits per heavy atom. The maximum Gasteiger partial charge on any atom is 0.0667 e. The second-order valence-electron chi connectivity index (χ2n) is 6.61. The summed E-state index contributed by atoms with van der Waals surface area (Å²) in [6.45, 7) is 9.34. The van der Waals surface area contributed by atoms with Crippen LogP contribution in [0.4, 0.5) is 0 Å². The van der Waals surface area contributed by atoms with E-state index in [1.165, 1.54) is 6.42 Å². The predicted octanol–water partition coefficient (Wildman–Crippen LogP) is 3.85. The lowest BCUT2D eigenvalue weighted by Gasteiger charge is -2.40. The van der Waals surface area contributed by atoms with Crippen molar-refractivity contribution >= 4 is 11.8 Å². The molecule has 104 valence electrons. The van der Waals surface area contributed by atoms with Crippen molar-refractivity contribution in [1.82, 2.24) is 0 Å². The molecule has 18 heavy (non-hydrogen) atoms. The zero-order valence-electron chi connectivity index (χ0n) is 12.1. The highest BCUT2D eigenvalue weighted by atomic mass is 32.2. The molecule has 0 aromatic heterocycles. The van der Waals surface area contributed by atoms with E-state index in [4.69, 9.17) is 5.11 Å². The second-order valence-corrected chi connectivity index (χ2v) is 8.29. The summed E-state index contributed by atoms with van der Waals surface area (Å²) in [5.74, 6) is 0.927. The van der Waals surface area contributed by atoms with Crippen molar-refractivity contribution in [3.05, 3.63) is 0 Å². The molecule has 2 nitrogen and oxygen atoms in total. The number of aliphatic hydroxyl groups is 1. The van der Waals surface area contributed by atoms with Gasteiger partial charge < -0.3 is 5.11 Å². The molecule has 1 fully saturated rings. The van der Waals surface area contributed by atoms with Crippen LogP contribution in [0.3, 0.4) is 0 Å². The highest BCUT2D eigenvalue weighted by Crippen LogP contribution is 2.44. The molecule has 1 aliphatic carbocycles. The number of hydrogen-bond donors (Lipinski definition) is 1. The number of nitrogens with zero attached hydrogens (tertiary/aromatic N) is 1. The van der Waals surface area contributed by atoms with Crippen LogP contribution in [0.25, 0.3) is 0 Å². The zero-order chi connectivity index (χ0) is 13.8. The van der Waals surface area contributed by atoms with Crippen LogP contribution in [0.2, 0.25) is 0 Å². The Labute approximate surface area is 116 Å². The van der Waals surface area contributed by atoms with Gasteiger partial charge in [-0.2, -0.15) is 17.0 Å². The van der Waals surface area contributed by atoms with Crippen molar-refractivity contribution in [2.45, 2.75) is 63.9 Å². The Morgan fingerprint density at radius 2 is 2.06 bits per heavy atom. The van der Waals surface area contributed by atoms with Crippen LogP contribution < -0.4 is 0 Å². The Bertz CT molecular complexity index is 292. The summed E-state index contributed by atoms with van der Waals surface area (Å²) in [7, 11) is 0. The smallest absolute Gasteiger partial charge is 0.0667 e. The van der Waals surface area contributed by atoms with E-state index >= 15 is 0 Å². The van der Waals surface area contributed by atoms with E-state index in [1.807, 2.05) is 11.8 Å². The van der Waals surface area contributed by atoms with Gasteiger partial charge in [0.1, 0.15) is 0 Å². The van der Waals surface area contributed by atoms with E-state index in [2.05, 4.69) is 33.8 Å². The third-order valence-electron chi connectivity index (χ3n) is 4.13. The van der Waals surface area contributed by atoms with Crippen molar-refractivity contribution in [1.29, 1.82) is 5.26 Å². The van der Waals surface area contributed by atoms with Gasteiger partial charge >= 0.3 is 0 Å². The topological polar surface area (TPSA) is 44.0 Å². The van der Waals surface area contributed by atoms with Gasteiger partial charge in [0, 0.05) is 17.1 Å². The molecule has 3 heteroatoms. The Kier molecular flexibility index (Phi) is 6.01. The van der Waals surface area contributed by atoms with E-state index in [0.717, 1.165) is 25.2 Å². The Balaban J connectivity index is 2.63. The molecular formula is C15H27NOS. The minimum Gasteiger partial charge on any atom is -0.396 e. The van der Waals surface area contributed by atoms with Crippen LogP contribution in [0.1, 0.15) is 53.4 Å². The van der Waals surface area contributed by atoms with Crippen LogP contribution in [-0.2, 0) is 0 Å². The summed E-state index contributed by atoms with van der Waals surface area (Å²) < 4.78 is 0. The summed E-state index contributed by atoms with van der Waals surface area (Å²) in [5.41, 5.74) is 0.347. The predicted molar refractivity (Wildman–Crippen MR) is 78.4 cm³/mol. The molecule has 1 rings (SSSR count). The zero-order valence-corrected chi connectivity index (χ0v) is 13.0. The molecule has 4 atom stereocenters. The fraction of sp³-hybridized carbons (Fsp3) is 0.933. The quantitative estimate of drug-likeness (QED) is 0.843. The fourth-order valence-corrected chi connectivity index (χ4v) is 4.33. The third kappa shape index (κ3) is 4.48. The van der Waals surface area contributed by atoms with Gasteiger partial charge in [0.25, 0.3) is 0 Å². The van der Waals surface area contributed by atoms with E-state index in [9.17, 15) is 5.26 Å². The van der Waals surface area contributed by atoms with Gasteiger partial charge in [0.15, 0.2) is 0 Å². The Hall–Kier alpha value is -0.200. The van der Waals surface area contributed by atoms with Crippen LogP contribution in [0, 0.1) is 28.6 Å². The maximum atomic E-state index is 9.28. The average Bonchev–Trinajstić information content (AvgIpc) is 2.28. The number of thioether (sulfide) groups is 1. The molecule has 0 spiro atoms. The van der Waals surface area contributed by atoms with E-state index in [1.54, 1.807) is 0 Å². The number of nitriles is 1. The second kappa shape index (κ2) is 6.82. The van der Waals surface area contributed by atoms with Gasteiger partial charge in [0.05, 0.1) is 12.0 Å². The molecule has 1 N–H and O–H groups in total. The minimum atomic E-state index is 0.203. The normalized spacial score (nSPS) is 30.8. The van der Waals surface area contributed by atoms with Gasteiger partial charge in [-0.25, -0.2) is 0 Å². The van der Waals surface area contributed by atoms with Gasteiger partial charge in [-0.15, -0.1) is 0 Å². The fourth-order valence-electron chi connectivity index (χ4n) is 2.76. The lowest BCUT2D eigenvalue weighted by atomic mass is 9.70. The van der Waals surface area contributed by atoms with Crippen molar-refractivity contribution < 1.29 is 5.11 Å². The number of aliphatic hydroxyl groups excluding tert-OH is 1. The molecular weight excluding hydrogens is 242 g/mol. The Morgan fingerprint density at radius 3 is 2.56 bits per heavy atom. The molecule has 1 saturated carbocycles. The SMILES string of the molecule is CC(CCO)SC1CC(C(C)(C)C)CCC1C#N. The molecule has 0 radical (unpaired) electrons. The summed E-state index contributed by atoms with van der Waals surface area (Å²) in [4.78, 5) is 0. The first-order valence-corrected chi connectivity index (χ1v) is 7.98. The molecule has 0 aromatic carbocycles. The summed E-state index contributed by atoms with van der Waals surface area (Å²) in [6, 6.07) is 2.49. The summed E-state index contributed by atoms with van der Waals surface area (Å²) >= 11 is 1.92. The maximum absolute atomic E-state index is 9.28. The summed E-state index contributed by atoms with van der Waals surface area (Å²) in [6.07, 6.45) is 4.22. The van der Waals surface area contributed by atoms with E-state index < -0.39 is 0 Å². The van der Waals surface area contributed by atoms with E-state index in [-0.39, 0.29) is 12.5 Å². The molecule has 0 heterocycles. The third-order valence-corrected chi connectivity index (χ3v) is 5.70. The van der Waals surface area contributed by atoms with Crippen LogP contribution in [0.15, 0.2) is 0 Å². The monoisotopic (exact) mass is 269 g/mol. The van der Waals surface area contributed by atoms with Crippen LogP contribution in [0.5, 0.6) is 0 Å². The van der Waals surface area contributed by atoms with Gasteiger partial charge in [-0.05, 0) is 37.0 Å². The van der Waals surface area contributed by atoms with Crippen LogP contribution >= 0.6 is 11.8 Å².